The van der Waals surface area contributed by atoms with Gasteiger partial charge in [0.2, 0.25) is 0 Å². The Hall–Kier alpha value is -2.74. The first-order valence-corrected chi connectivity index (χ1v) is 8.64. The number of hydrogen-bond donors (Lipinski definition) is 1. The summed E-state index contributed by atoms with van der Waals surface area (Å²) in [5.74, 6) is -0.239. The van der Waals surface area contributed by atoms with Crippen molar-refractivity contribution in [2.24, 2.45) is 0 Å². The minimum Gasteiger partial charge on any atom is -0.483 e. The summed E-state index contributed by atoms with van der Waals surface area (Å²) in [6.07, 6.45) is 3.08. The highest BCUT2D eigenvalue weighted by molar-refractivity contribution is 9.10. The highest BCUT2D eigenvalue weighted by Gasteiger charge is 2.11. The van der Waals surface area contributed by atoms with Gasteiger partial charge in [-0.2, -0.15) is 5.10 Å². The molecule has 0 spiro atoms. The molecule has 1 N–H and O–H groups in total. The van der Waals surface area contributed by atoms with E-state index in [1.165, 1.54) is 24.5 Å². The van der Waals surface area contributed by atoms with Gasteiger partial charge in [-0.15, -0.1) is 0 Å². The highest BCUT2D eigenvalue weighted by Crippen LogP contribution is 2.25. The van der Waals surface area contributed by atoms with Crippen molar-refractivity contribution >= 4 is 21.8 Å². The van der Waals surface area contributed by atoms with Crippen LogP contribution < -0.4 is 10.1 Å². The van der Waals surface area contributed by atoms with Gasteiger partial charge < -0.3 is 10.1 Å². The van der Waals surface area contributed by atoms with Crippen LogP contribution in [0.2, 0.25) is 0 Å². The van der Waals surface area contributed by atoms with Crippen LogP contribution in [0, 0.1) is 5.82 Å². The molecule has 0 aliphatic rings. The van der Waals surface area contributed by atoms with E-state index in [-0.39, 0.29) is 24.4 Å². The number of hydrogen-bond acceptors (Lipinski definition) is 4. The average Bonchev–Trinajstić information content (AvgIpc) is 3.16. The molecule has 0 saturated heterocycles. The molecule has 0 aliphatic carbocycles. The molecule has 0 aliphatic heterocycles. The number of carbonyl (C=O) groups is 1. The molecule has 1 aromatic heterocycles. The number of nitrogens with one attached hydrogen (secondary N) is 1. The predicted octanol–water partition coefficient (Wildman–Crippen LogP) is 3.43. The zero-order valence-electron chi connectivity index (χ0n) is 13.9. The molecule has 1 atom stereocenters. The maximum Gasteiger partial charge on any atom is 0.258 e. The van der Waals surface area contributed by atoms with E-state index in [9.17, 15) is 9.18 Å². The smallest absolute Gasteiger partial charge is 0.258 e. The molecule has 6 nitrogen and oxygen atoms in total. The normalized spacial score (nSPS) is 11.8. The third-order valence-electron chi connectivity index (χ3n) is 3.71. The molecule has 0 fully saturated rings. The molecule has 8 heteroatoms. The second-order valence-electron chi connectivity index (χ2n) is 5.58. The van der Waals surface area contributed by atoms with Crippen LogP contribution in [-0.2, 0) is 4.79 Å². The highest BCUT2D eigenvalue weighted by atomic mass is 79.9. The van der Waals surface area contributed by atoms with Crippen LogP contribution in [0.1, 0.15) is 18.5 Å². The van der Waals surface area contributed by atoms with Crippen molar-refractivity contribution in [3.8, 4) is 11.4 Å². The van der Waals surface area contributed by atoms with Crippen molar-refractivity contribution in [3.63, 3.8) is 0 Å². The largest absolute Gasteiger partial charge is 0.483 e. The monoisotopic (exact) mass is 418 g/mol. The van der Waals surface area contributed by atoms with Crippen molar-refractivity contribution in [1.29, 1.82) is 0 Å². The number of ether oxygens (including phenoxy) is 1. The maximum atomic E-state index is 13.1. The van der Waals surface area contributed by atoms with Gasteiger partial charge in [-0.3, -0.25) is 4.79 Å². The van der Waals surface area contributed by atoms with Crippen LogP contribution in [0.25, 0.3) is 5.69 Å². The first-order valence-electron chi connectivity index (χ1n) is 7.85. The number of rotatable bonds is 6. The van der Waals surface area contributed by atoms with E-state index in [2.05, 4.69) is 31.3 Å². The van der Waals surface area contributed by atoms with Crippen molar-refractivity contribution in [2.75, 3.05) is 6.61 Å². The van der Waals surface area contributed by atoms with Gasteiger partial charge in [-0.1, -0.05) is 12.1 Å². The number of halogens is 2. The van der Waals surface area contributed by atoms with Crippen LogP contribution in [-0.4, -0.2) is 27.3 Å². The summed E-state index contributed by atoms with van der Waals surface area (Å²) in [5, 5.41) is 6.93. The Labute approximate surface area is 158 Å². The Morgan fingerprint density at radius 1 is 1.31 bits per heavy atom. The molecule has 26 heavy (non-hydrogen) atoms. The fourth-order valence-electron chi connectivity index (χ4n) is 2.36. The minimum atomic E-state index is -0.378. The fraction of sp³-hybridized carbons (Fsp3) is 0.167. The van der Waals surface area contributed by atoms with Crippen molar-refractivity contribution in [1.82, 2.24) is 20.1 Å². The summed E-state index contributed by atoms with van der Waals surface area (Å²) in [4.78, 5) is 16.0. The third-order valence-corrected chi connectivity index (χ3v) is 4.33. The average molecular weight is 419 g/mol. The quantitative estimate of drug-likeness (QED) is 0.665. The molecule has 134 valence electrons. The lowest BCUT2D eigenvalue weighted by molar-refractivity contribution is -0.123. The van der Waals surface area contributed by atoms with Crippen LogP contribution in [0.15, 0.2) is 59.6 Å². The predicted molar refractivity (Wildman–Crippen MR) is 97.5 cm³/mol. The molecule has 0 bridgehead atoms. The van der Waals surface area contributed by atoms with E-state index in [0.29, 0.717) is 10.2 Å². The second kappa shape index (κ2) is 8.09. The summed E-state index contributed by atoms with van der Waals surface area (Å²) >= 11 is 3.20. The fourth-order valence-corrected chi connectivity index (χ4v) is 2.82. The van der Waals surface area contributed by atoms with Crippen LogP contribution in [0.3, 0.4) is 0 Å². The number of nitrogens with zero attached hydrogens (tertiary/aromatic N) is 3. The van der Waals surface area contributed by atoms with E-state index >= 15 is 0 Å². The van der Waals surface area contributed by atoms with E-state index < -0.39 is 0 Å². The standard InChI is InChI=1S/C18H16BrFN4O2/c1-12(13-2-5-15(6-3-13)24-11-21-10-22-24)23-18(25)9-26-17-7-4-14(20)8-16(17)19/h2-8,10-12H,9H2,1H3,(H,23,25). The van der Waals surface area contributed by atoms with Crippen molar-refractivity contribution in [2.45, 2.75) is 13.0 Å². The Kier molecular flexibility index (Phi) is 5.62. The molecule has 3 rings (SSSR count). The van der Waals surface area contributed by atoms with Gasteiger partial charge in [0.05, 0.1) is 16.2 Å². The zero-order valence-corrected chi connectivity index (χ0v) is 15.5. The lowest BCUT2D eigenvalue weighted by atomic mass is 10.1. The Morgan fingerprint density at radius 2 is 2.08 bits per heavy atom. The van der Waals surface area contributed by atoms with E-state index in [1.807, 2.05) is 31.2 Å². The van der Waals surface area contributed by atoms with E-state index in [0.717, 1.165) is 11.3 Å². The van der Waals surface area contributed by atoms with Gasteiger partial charge in [0.25, 0.3) is 5.91 Å². The lowest BCUT2D eigenvalue weighted by Crippen LogP contribution is -2.31. The molecule has 1 unspecified atom stereocenters. The Morgan fingerprint density at radius 3 is 2.73 bits per heavy atom. The van der Waals surface area contributed by atoms with Crippen LogP contribution in [0.4, 0.5) is 4.39 Å². The molecule has 1 heterocycles. The number of benzene rings is 2. The molecular formula is C18H16BrFN4O2. The van der Waals surface area contributed by atoms with E-state index in [4.69, 9.17) is 4.74 Å². The third kappa shape index (κ3) is 4.45. The van der Waals surface area contributed by atoms with E-state index in [1.54, 1.807) is 11.0 Å². The summed E-state index contributed by atoms with van der Waals surface area (Å²) < 4.78 is 20.6. The van der Waals surface area contributed by atoms with Gasteiger partial charge in [0.15, 0.2) is 6.61 Å². The zero-order chi connectivity index (χ0) is 18.5. The number of aromatic nitrogens is 3. The van der Waals surface area contributed by atoms with Gasteiger partial charge in [0.1, 0.15) is 24.2 Å². The molecule has 1 amide bonds. The second-order valence-corrected chi connectivity index (χ2v) is 6.44. The molecule has 0 saturated carbocycles. The summed E-state index contributed by atoms with van der Waals surface area (Å²) in [6.45, 7) is 1.72. The lowest BCUT2D eigenvalue weighted by Gasteiger charge is -2.15. The summed E-state index contributed by atoms with van der Waals surface area (Å²) in [7, 11) is 0. The van der Waals surface area contributed by atoms with Crippen molar-refractivity contribution < 1.29 is 13.9 Å². The molecule has 3 aromatic rings. The van der Waals surface area contributed by atoms with Gasteiger partial charge in [-0.05, 0) is 58.7 Å². The van der Waals surface area contributed by atoms with Gasteiger partial charge in [0, 0.05) is 0 Å². The van der Waals surface area contributed by atoms with Crippen LogP contribution in [0.5, 0.6) is 5.75 Å². The molecule has 0 radical (unpaired) electrons. The summed E-state index contributed by atoms with van der Waals surface area (Å²) in [5.41, 5.74) is 1.83. The maximum absolute atomic E-state index is 13.1. The SMILES string of the molecule is CC(NC(=O)COc1ccc(F)cc1Br)c1ccc(-n2cncn2)cc1. The Balaban J connectivity index is 1.55. The first-order chi connectivity index (χ1) is 12.5. The molecule has 2 aromatic carbocycles. The minimum absolute atomic E-state index is 0.161. The van der Waals surface area contributed by atoms with Crippen molar-refractivity contribution in [3.05, 3.63) is 71.0 Å². The topological polar surface area (TPSA) is 69.0 Å². The van der Waals surface area contributed by atoms with Crippen LogP contribution >= 0.6 is 15.9 Å². The molecular weight excluding hydrogens is 403 g/mol. The number of amides is 1. The van der Waals surface area contributed by atoms with Gasteiger partial charge in [-0.25, -0.2) is 14.1 Å². The number of carbonyl (C=O) groups excluding carboxylic acids is 1. The first kappa shape index (κ1) is 18.1. The Bertz CT molecular complexity index is 885. The van der Waals surface area contributed by atoms with Gasteiger partial charge >= 0.3 is 0 Å². The summed E-state index contributed by atoms with van der Waals surface area (Å²) in [6, 6.07) is 11.5.